The molecule has 2 aromatic carbocycles. The third kappa shape index (κ3) is 3.97. The van der Waals surface area contributed by atoms with E-state index in [1.807, 2.05) is 6.07 Å². The average Bonchev–Trinajstić information content (AvgIpc) is 3.31. The number of hydrogen-bond acceptors (Lipinski definition) is 3. The minimum Gasteiger partial charge on any atom is -0.486 e. The predicted molar refractivity (Wildman–Crippen MR) is 106 cm³/mol. The van der Waals surface area contributed by atoms with Crippen LogP contribution in [-0.2, 0) is 19.4 Å². The van der Waals surface area contributed by atoms with Gasteiger partial charge in [0.15, 0.2) is 5.76 Å². The summed E-state index contributed by atoms with van der Waals surface area (Å²) in [5, 5.41) is 3.40. The fourth-order valence-corrected chi connectivity index (χ4v) is 3.65. The van der Waals surface area contributed by atoms with E-state index in [2.05, 4.69) is 17.4 Å². The van der Waals surface area contributed by atoms with Crippen molar-refractivity contribution >= 4 is 34.8 Å². The van der Waals surface area contributed by atoms with Crippen molar-refractivity contribution in [3.8, 4) is 5.75 Å². The Hall–Kier alpha value is -2.43. The van der Waals surface area contributed by atoms with Gasteiger partial charge in [-0.25, -0.2) is 0 Å². The topological polar surface area (TPSA) is 51.5 Å². The van der Waals surface area contributed by atoms with Crippen LogP contribution in [0.15, 0.2) is 52.9 Å². The Balaban J connectivity index is 1.40. The van der Waals surface area contributed by atoms with Crippen LogP contribution in [0.2, 0.25) is 10.0 Å². The van der Waals surface area contributed by atoms with Crippen molar-refractivity contribution < 1.29 is 13.9 Å². The van der Waals surface area contributed by atoms with Gasteiger partial charge in [-0.3, -0.25) is 4.79 Å². The highest BCUT2D eigenvalue weighted by molar-refractivity contribution is 6.39. The second-order valence-electron chi connectivity index (χ2n) is 6.39. The summed E-state index contributed by atoms with van der Waals surface area (Å²) in [5.41, 5.74) is 3.11. The molecular weight excluding hydrogens is 385 g/mol. The van der Waals surface area contributed by atoms with Crippen LogP contribution >= 0.6 is 23.2 Å². The summed E-state index contributed by atoms with van der Waals surface area (Å²) in [4.78, 5) is 12.4. The third-order valence-electron chi connectivity index (χ3n) is 4.54. The van der Waals surface area contributed by atoms with Crippen molar-refractivity contribution in [3.05, 3.63) is 81.2 Å². The van der Waals surface area contributed by atoms with Gasteiger partial charge < -0.3 is 14.5 Å². The molecule has 1 aliphatic rings. The van der Waals surface area contributed by atoms with Gasteiger partial charge in [0.2, 0.25) is 0 Å². The van der Waals surface area contributed by atoms with Crippen LogP contribution in [0.5, 0.6) is 5.75 Å². The lowest BCUT2D eigenvalue weighted by Crippen LogP contribution is -2.11. The number of aryl methyl sites for hydroxylation is 2. The number of carbonyl (C=O) groups excluding carboxylic acids is 1. The summed E-state index contributed by atoms with van der Waals surface area (Å²) in [7, 11) is 0. The van der Waals surface area contributed by atoms with Crippen molar-refractivity contribution in [3.63, 3.8) is 0 Å². The molecule has 0 saturated carbocycles. The number of ether oxygens (including phenoxy) is 1. The smallest absolute Gasteiger partial charge is 0.291 e. The van der Waals surface area contributed by atoms with Crippen molar-refractivity contribution in [1.82, 2.24) is 0 Å². The zero-order chi connectivity index (χ0) is 18.8. The molecule has 0 fully saturated rings. The molecule has 0 aliphatic heterocycles. The lowest BCUT2D eigenvalue weighted by molar-refractivity contribution is 0.0992. The maximum atomic E-state index is 12.4. The first-order chi connectivity index (χ1) is 13.1. The Morgan fingerprint density at radius 1 is 1.04 bits per heavy atom. The number of carbonyl (C=O) groups is 1. The van der Waals surface area contributed by atoms with Crippen molar-refractivity contribution in [1.29, 1.82) is 0 Å². The second kappa shape index (κ2) is 7.67. The van der Waals surface area contributed by atoms with E-state index in [9.17, 15) is 4.79 Å². The normalized spacial score (nSPS) is 12.7. The number of halogens is 2. The Bertz CT molecular complexity index is 977. The van der Waals surface area contributed by atoms with E-state index in [4.69, 9.17) is 32.4 Å². The Labute approximate surface area is 167 Å². The Kier molecular flexibility index (Phi) is 5.10. The molecule has 1 N–H and O–H groups in total. The molecule has 0 spiro atoms. The van der Waals surface area contributed by atoms with Gasteiger partial charge in [-0.05, 0) is 66.8 Å². The van der Waals surface area contributed by atoms with E-state index in [-0.39, 0.29) is 12.4 Å². The van der Waals surface area contributed by atoms with Crippen LogP contribution in [-0.4, -0.2) is 5.91 Å². The number of fused-ring (bicyclic) bond motifs is 1. The SMILES string of the molecule is O=C(Nc1c(Cl)cccc1Cl)c1ccc(COc2ccc3c(c2)CCC3)o1. The van der Waals surface area contributed by atoms with Crippen molar-refractivity contribution in [2.45, 2.75) is 25.9 Å². The standard InChI is InChI=1S/C21H17Cl2NO3/c22-17-5-2-6-18(23)20(17)24-21(25)19-10-9-16(27-19)12-26-15-8-7-13-3-1-4-14(13)11-15/h2,5-11H,1,3-4,12H2,(H,24,25). The zero-order valence-corrected chi connectivity index (χ0v) is 15.9. The molecule has 1 aromatic heterocycles. The first-order valence-corrected chi connectivity index (χ1v) is 9.44. The summed E-state index contributed by atoms with van der Waals surface area (Å²) in [5.74, 6) is 1.11. The Morgan fingerprint density at radius 2 is 1.81 bits per heavy atom. The first-order valence-electron chi connectivity index (χ1n) is 8.69. The van der Waals surface area contributed by atoms with E-state index in [1.165, 1.54) is 17.5 Å². The molecule has 4 nitrogen and oxygen atoms in total. The molecule has 1 aliphatic carbocycles. The summed E-state index contributed by atoms with van der Waals surface area (Å²) < 4.78 is 11.4. The number of hydrogen-bond donors (Lipinski definition) is 1. The lowest BCUT2D eigenvalue weighted by atomic mass is 10.1. The van der Waals surface area contributed by atoms with E-state index in [0.29, 0.717) is 21.5 Å². The molecule has 1 heterocycles. The monoisotopic (exact) mass is 401 g/mol. The number of nitrogens with one attached hydrogen (secondary N) is 1. The lowest BCUT2D eigenvalue weighted by Gasteiger charge is -2.08. The highest BCUT2D eigenvalue weighted by atomic mass is 35.5. The van der Waals surface area contributed by atoms with Gasteiger partial charge in [0.05, 0.1) is 15.7 Å². The van der Waals surface area contributed by atoms with Gasteiger partial charge in [-0.1, -0.05) is 35.3 Å². The zero-order valence-electron chi connectivity index (χ0n) is 14.4. The van der Waals surface area contributed by atoms with Crippen LogP contribution in [0.4, 0.5) is 5.69 Å². The number of anilines is 1. The van der Waals surface area contributed by atoms with Crippen molar-refractivity contribution in [2.75, 3.05) is 5.32 Å². The molecule has 1 amide bonds. The number of rotatable bonds is 5. The highest BCUT2D eigenvalue weighted by Crippen LogP contribution is 2.30. The van der Waals surface area contributed by atoms with Crippen molar-refractivity contribution in [2.24, 2.45) is 0 Å². The fraction of sp³-hybridized carbons (Fsp3) is 0.190. The number of amides is 1. The van der Waals surface area contributed by atoms with Crippen LogP contribution in [0.25, 0.3) is 0 Å². The van der Waals surface area contributed by atoms with E-state index in [0.717, 1.165) is 18.6 Å². The van der Waals surface area contributed by atoms with Gasteiger partial charge >= 0.3 is 0 Å². The van der Waals surface area contributed by atoms with E-state index < -0.39 is 5.91 Å². The van der Waals surface area contributed by atoms with Crippen LogP contribution < -0.4 is 10.1 Å². The molecular formula is C21H17Cl2NO3. The number of furan rings is 1. The molecule has 0 radical (unpaired) electrons. The molecule has 0 atom stereocenters. The van der Waals surface area contributed by atoms with Gasteiger partial charge in [-0.2, -0.15) is 0 Å². The van der Waals surface area contributed by atoms with Crippen LogP contribution in [0, 0.1) is 0 Å². The van der Waals surface area contributed by atoms with Gasteiger partial charge in [0, 0.05) is 0 Å². The highest BCUT2D eigenvalue weighted by Gasteiger charge is 2.16. The predicted octanol–water partition coefficient (Wildman–Crippen LogP) is 5.91. The Morgan fingerprint density at radius 3 is 2.63 bits per heavy atom. The number of benzene rings is 2. The fourth-order valence-electron chi connectivity index (χ4n) is 3.16. The molecule has 4 rings (SSSR count). The minimum atomic E-state index is -0.422. The quantitative estimate of drug-likeness (QED) is 0.578. The van der Waals surface area contributed by atoms with Crippen LogP contribution in [0.3, 0.4) is 0 Å². The molecule has 27 heavy (non-hydrogen) atoms. The molecule has 0 bridgehead atoms. The molecule has 0 saturated heterocycles. The molecule has 0 unspecified atom stereocenters. The van der Waals surface area contributed by atoms with Gasteiger partial charge in [0.25, 0.3) is 5.91 Å². The molecule has 138 valence electrons. The third-order valence-corrected chi connectivity index (χ3v) is 5.17. The molecule has 6 heteroatoms. The number of para-hydroxylation sites is 1. The summed E-state index contributed by atoms with van der Waals surface area (Å²) in [6, 6.07) is 14.5. The van der Waals surface area contributed by atoms with E-state index >= 15 is 0 Å². The summed E-state index contributed by atoms with van der Waals surface area (Å²) >= 11 is 12.1. The summed E-state index contributed by atoms with van der Waals surface area (Å²) in [6.07, 6.45) is 3.44. The van der Waals surface area contributed by atoms with Gasteiger partial charge in [-0.15, -0.1) is 0 Å². The first kappa shape index (κ1) is 18.0. The summed E-state index contributed by atoms with van der Waals surface area (Å²) in [6.45, 7) is 0.249. The maximum Gasteiger partial charge on any atom is 0.291 e. The minimum absolute atomic E-state index is 0.165. The van der Waals surface area contributed by atoms with Gasteiger partial charge in [0.1, 0.15) is 18.1 Å². The average molecular weight is 402 g/mol. The van der Waals surface area contributed by atoms with Crippen LogP contribution in [0.1, 0.15) is 33.9 Å². The maximum absolute atomic E-state index is 12.4. The molecule has 3 aromatic rings. The second-order valence-corrected chi connectivity index (χ2v) is 7.20. The van der Waals surface area contributed by atoms with E-state index in [1.54, 1.807) is 30.3 Å². The largest absolute Gasteiger partial charge is 0.486 e.